The molecule has 0 unspecified atom stereocenters. The summed E-state index contributed by atoms with van der Waals surface area (Å²) in [5, 5.41) is 2.99. The van der Waals surface area contributed by atoms with Crippen molar-refractivity contribution in [2.24, 2.45) is 0 Å². The maximum atomic E-state index is 12.9. The van der Waals surface area contributed by atoms with Gasteiger partial charge in [0.05, 0.1) is 5.69 Å². The van der Waals surface area contributed by atoms with Crippen LogP contribution in [0.1, 0.15) is 51.0 Å². The first-order valence-corrected chi connectivity index (χ1v) is 16.8. The number of nitrogens with zero attached hydrogens (tertiary/aromatic N) is 4. The van der Waals surface area contributed by atoms with Crippen LogP contribution in [-0.4, -0.2) is 96.9 Å². The smallest absolute Gasteiger partial charge is 0.412 e. The molecule has 3 heterocycles. The van der Waals surface area contributed by atoms with E-state index in [1.54, 1.807) is 0 Å². The molecule has 45 heavy (non-hydrogen) atoms. The fraction of sp³-hybridized carbons (Fsp3) is 0.514. The monoisotopic (exact) mass is 613 g/mol. The Kier molecular flexibility index (Phi) is 12.8. The van der Waals surface area contributed by atoms with Crippen molar-refractivity contribution in [1.29, 1.82) is 0 Å². The summed E-state index contributed by atoms with van der Waals surface area (Å²) in [6.45, 7) is 13.5. The Balaban J connectivity index is 0.873. The molecular formula is C37H51N5O3. The van der Waals surface area contributed by atoms with Gasteiger partial charge >= 0.3 is 6.09 Å². The van der Waals surface area contributed by atoms with E-state index in [9.17, 15) is 4.79 Å². The van der Waals surface area contributed by atoms with Gasteiger partial charge in [-0.15, -0.1) is 0 Å². The highest BCUT2D eigenvalue weighted by molar-refractivity contribution is 5.91. The first kappa shape index (κ1) is 33.1. The van der Waals surface area contributed by atoms with Crippen LogP contribution >= 0.6 is 0 Å². The Morgan fingerprint density at radius 3 is 2.04 bits per heavy atom. The second-order valence-corrected chi connectivity index (χ2v) is 12.7. The number of aromatic nitrogens is 1. The van der Waals surface area contributed by atoms with Crippen LogP contribution < -0.4 is 5.32 Å². The minimum atomic E-state index is -0.445. The average Bonchev–Trinajstić information content (AvgIpc) is 3.06. The number of likely N-dealkylation sites (tertiary alicyclic amines) is 1. The molecule has 0 spiro atoms. The summed E-state index contributed by atoms with van der Waals surface area (Å²) < 4.78 is 11.9. The second-order valence-electron chi connectivity index (χ2n) is 12.7. The minimum Gasteiger partial charge on any atom is -0.443 e. The zero-order valence-electron chi connectivity index (χ0n) is 27.0. The molecule has 8 heteroatoms. The van der Waals surface area contributed by atoms with Crippen molar-refractivity contribution in [3.8, 4) is 11.1 Å². The number of benzene rings is 2. The van der Waals surface area contributed by atoms with E-state index in [1.165, 1.54) is 18.5 Å². The average molecular weight is 614 g/mol. The number of unbranched alkanes of at least 4 members (excludes halogenated alkanes) is 2. The Morgan fingerprint density at radius 1 is 0.756 bits per heavy atom. The summed E-state index contributed by atoms with van der Waals surface area (Å²) in [6.07, 6.45) is 9.63. The molecule has 1 N–H and O–H groups in total. The van der Waals surface area contributed by atoms with Crippen molar-refractivity contribution in [2.45, 2.75) is 57.6 Å². The molecule has 1 amide bonds. The fourth-order valence-electron chi connectivity index (χ4n) is 6.27. The number of piperidine rings is 1. The molecule has 0 aliphatic carbocycles. The van der Waals surface area contributed by atoms with Crippen molar-refractivity contribution in [3.63, 3.8) is 0 Å². The molecule has 2 aliphatic heterocycles. The van der Waals surface area contributed by atoms with Gasteiger partial charge in [-0.05, 0) is 87.9 Å². The van der Waals surface area contributed by atoms with Crippen LogP contribution in [0.4, 0.5) is 10.5 Å². The van der Waals surface area contributed by atoms with Crippen molar-refractivity contribution >= 4 is 11.8 Å². The molecule has 2 fully saturated rings. The normalized spacial score (nSPS) is 17.6. The molecule has 0 radical (unpaired) electrons. The van der Waals surface area contributed by atoms with Crippen LogP contribution in [0.5, 0.6) is 0 Å². The van der Waals surface area contributed by atoms with E-state index in [0.717, 1.165) is 114 Å². The maximum absolute atomic E-state index is 12.9. The largest absolute Gasteiger partial charge is 0.443 e. The Labute approximate surface area is 269 Å². The number of para-hydroxylation sites is 1. The molecule has 242 valence electrons. The van der Waals surface area contributed by atoms with Gasteiger partial charge in [0.2, 0.25) is 0 Å². The third-order valence-corrected chi connectivity index (χ3v) is 9.15. The molecule has 2 aromatic carbocycles. The lowest BCUT2D eigenvalue weighted by Crippen LogP contribution is -2.46. The second kappa shape index (κ2) is 17.4. The third kappa shape index (κ3) is 10.9. The number of piperazine rings is 1. The van der Waals surface area contributed by atoms with Gasteiger partial charge in [0.1, 0.15) is 5.60 Å². The molecule has 0 bridgehead atoms. The summed E-state index contributed by atoms with van der Waals surface area (Å²) in [6, 6.07) is 22.2. The number of carbonyl (C=O) groups is 1. The summed E-state index contributed by atoms with van der Waals surface area (Å²) in [5.74, 6) is 0. The number of carbonyl (C=O) groups excluding carboxylic acids is 1. The van der Waals surface area contributed by atoms with Crippen molar-refractivity contribution in [3.05, 3.63) is 84.7 Å². The van der Waals surface area contributed by atoms with Crippen molar-refractivity contribution in [2.75, 3.05) is 70.9 Å². The lowest BCUT2D eigenvalue weighted by atomic mass is 9.93. The molecule has 1 aromatic heterocycles. The Hall–Kier alpha value is -3.30. The SMILES string of the molecule is CC1(OC(=O)Nc2ccccc2-c2ccccc2)CCN(CCCCOCCCCN2CCN(Cc3ccncc3)CC2)CC1. The molecule has 2 saturated heterocycles. The van der Waals surface area contributed by atoms with Crippen LogP contribution in [-0.2, 0) is 16.0 Å². The van der Waals surface area contributed by atoms with Gasteiger partial charge in [0, 0.05) is 77.0 Å². The molecule has 0 saturated carbocycles. The van der Waals surface area contributed by atoms with Gasteiger partial charge in [-0.1, -0.05) is 48.5 Å². The topological polar surface area (TPSA) is 70.2 Å². The lowest BCUT2D eigenvalue weighted by Gasteiger charge is -2.38. The van der Waals surface area contributed by atoms with Crippen molar-refractivity contribution in [1.82, 2.24) is 19.7 Å². The van der Waals surface area contributed by atoms with E-state index >= 15 is 0 Å². The molecule has 3 aromatic rings. The maximum Gasteiger partial charge on any atom is 0.412 e. The van der Waals surface area contributed by atoms with Crippen LogP contribution in [0.3, 0.4) is 0 Å². The van der Waals surface area contributed by atoms with Gasteiger partial charge < -0.3 is 19.3 Å². The van der Waals surface area contributed by atoms with Crippen LogP contribution in [0.15, 0.2) is 79.1 Å². The molecule has 5 rings (SSSR count). The fourth-order valence-corrected chi connectivity index (χ4v) is 6.27. The number of ether oxygens (including phenoxy) is 2. The Morgan fingerprint density at radius 2 is 1.36 bits per heavy atom. The van der Waals surface area contributed by atoms with Crippen LogP contribution in [0, 0.1) is 0 Å². The van der Waals surface area contributed by atoms with Gasteiger partial charge in [-0.25, -0.2) is 4.79 Å². The predicted octanol–water partition coefficient (Wildman–Crippen LogP) is 6.55. The first-order chi connectivity index (χ1) is 22.1. The summed E-state index contributed by atoms with van der Waals surface area (Å²) in [7, 11) is 0. The highest BCUT2D eigenvalue weighted by Gasteiger charge is 2.33. The summed E-state index contributed by atoms with van der Waals surface area (Å²) >= 11 is 0. The standard InChI is InChI=1S/C37H51N5O3/c1-37(45-36(43)39-35-14-6-5-13-34(35)33-11-3-2-4-12-33)17-23-40(24-18-37)21-7-9-29-44-30-10-8-22-41-25-27-42(28-26-41)31-32-15-19-38-20-16-32/h2-6,11-16,19-20H,7-10,17-18,21-31H2,1H3,(H,39,43). The highest BCUT2D eigenvalue weighted by atomic mass is 16.6. The van der Waals surface area contributed by atoms with Gasteiger partial charge in [-0.2, -0.15) is 0 Å². The van der Waals surface area contributed by atoms with Crippen LogP contribution in [0.2, 0.25) is 0 Å². The number of pyridine rings is 1. The molecule has 2 aliphatic rings. The van der Waals surface area contributed by atoms with Gasteiger partial charge in [0.15, 0.2) is 0 Å². The van der Waals surface area contributed by atoms with E-state index in [0.29, 0.717) is 0 Å². The van der Waals surface area contributed by atoms with E-state index in [1.807, 2.05) is 67.0 Å². The zero-order valence-corrected chi connectivity index (χ0v) is 27.0. The minimum absolute atomic E-state index is 0.383. The number of nitrogens with one attached hydrogen (secondary N) is 1. The number of hydrogen-bond donors (Lipinski definition) is 1. The summed E-state index contributed by atoms with van der Waals surface area (Å²) in [5.41, 5.74) is 3.73. The number of amides is 1. The lowest BCUT2D eigenvalue weighted by molar-refractivity contribution is -0.0166. The Bertz CT molecular complexity index is 1280. The van der Waals surface area contributed by atoms with E-state index in [4.69, 9.17) is 9.47 Å². The number of anilines is 1. The van der Waals surface area contributed by atoms with E-state index in [2.05, 4.69) is 44.1 Å². The molecular weight excluding hydrogens is 562 g/mol. The van der Waals surface area contributed by atoms with E-state index in [-0.39, 0.29) is 6.09 Å². The predicted molar refractivity (Wildman–Crippen MR) is 181 cm³/mol. The zero-order chi connectivity index (χ0) is 31.2. The quantitative estimate of drug-likeness (QED) is 0.195. The van der Waals surface area contributed by atoms with Gasteiger partial charge in [-0.3, -0.25) is 15.2 Å². The number of rotatable bonds is 15. The highest BCUT2D eigenvalue weighted by Crippen LogP contribution is 2.30. The van der Waals surface area contributed by atoms with Crippen molar-refractivity contribution < 1.29 is 14.3 Å². The first-order valence-electron chi connectivity index (χ1n) is 16.8. The third-order valence-electron chi connectivity index (χ3n) is 9.15. The molecule has 0 atom stereocenters. The van der Waals surface area contributed by atoms with E-state index < -0.39 is 5.60 Å². The number of hydrogen-bond acceptors (Lipinski definition) is 7. The van der Waals surface area contributed by atoms with Crippen LogP contribution in [0.25, 0.3) is 11.1 Å². The summed E-state index contributed by atoms with van der Waals surface area (Å²) in [4.78, 5) is 24.6. The van der Waals surface area contributed by atoms with Gasteiger partial charge in [0.25, 0.3) is 0 Å². The molecule has 8 nitrogen and oxygen atoms in total.